The molecule has 1 aliphatic rings. The van der Waals surface area contributed by atoms with Crippen LogP contribution in [0.5, 0.6) is 0 Å². The van der Waals surface area contributed by atoms with E-state index in [1.807, 2.05) is 48.5 Å². The molecule has 1 aliphatic carbocycles. The van der Waals surface area contributed by atoms with Crippen molar-refractivity contribution in [1.82, 2.24) is 30.1 Å². The van der Waals surface area contributed by atoms with Gasteiger partial charge in [0.25, 0.3) is 5.91 Å². The number of hydrogen-bond donors (Lipinski definition) is 1. The molecule has 0 radical (unpaired) electrons. The van der Waals surface area contributed by atoms with Gasteiger partial charge in [-0.3, -0.25) is 9.48 Å². The molecule has 1 aromatic carbocycles. The Morgan fingerprint density at radius 2 is 2.04 bits per heavy atom. The van der Waals surface area contributed by atoms with Crippen LogP contribution in [0.25, 0.3) is 11.0 Å². The summed E-state index contributed by atoms with van der Waals surface area (Å²) < 4.78 is 3.85. The fourth-order valence-electron chi connectivity index (χ4n) is 3.98. The molecule has 1 atom stereocenters. The molecule has 2 heterocycles. The van der Waals surface area contributed by atoms with Gasteiger partial charge in [0.2, 0.25) is 0 Å². The molecule has 1 fully saturated rings. The highest BCUT2D eigenvalue weighted by Gasteiger charge is 2.20. The van der Waals surface area contributed by atoms with Crippen LogP contribution in [-0.4, -0.2) is 30.7 Å². The van der Waals surface area contributed by atoms with Gasteiger partial charge in [-0.25, -0.2) is 4.68 Å². The standard InChI is InChI=1S/C20H26N6O/c1-13(17-12-21-25(3)14(17)2)22-20(27)15-9-10-19-18(11-15)23-24-26(19)16-7-5-4-6-8-16/h9-13,16H,4-8H2,1-3H3,(H,22,27). The second-order valence-electron chi connectivity index (χ2n) is 7.53. The molecular formula is C20H26N6O. The zero-order valence-corrected chi connectivity index (χ0v) is 16.1. The van der Waals surface area contributed by atoms with Crippen LogP contribution in [0, 0.1) is 6.92 Å². The van der Waals surface area contributed by atoms with Crippen molar-refractivity contribution in [3.63, 3.8) is 0 Å². The maximum Gasteiger partial charge on any atom is 0.251 e. The normalized spacial score (nSPS) is 16.6. The van der Waals surface area contributed by atoms with Crippen molar-refractivity contribution in [1.29, 1.82) is 0 Å². The number of carbonyl (C=O) groups is 1. The highest BCUT2D eigenvalue weighted by Crippen LogP contribution is 2.30. The molecule has 1 amide bonds. The second-order valence-corrected chi connectivity index (χ2v) is 7.53. The van der Waals surface area contributed by atoms with Crippen LogP contribution >= 0.6 is 0 Å². The van der Waals surface area contributed by atoms with Gasteiger partial charge in [-0.2, -0.15) is 5.10 Å². The molecule has 27 heavy (non-hydrogen) atoms. The highest BCUT2D eigenvalue weighted by atomic mass is 16.1. The van der Waals surface area contributed by atoms with Crippen LogP contribution < -0.4 is 5.32 Å². The third kappa shape index (κ3) is 3.34. The summed E-state index contributed by atoms with van der Waals surface area (Å²) in [5, 5.41) is 16.0. The zero-order valence-electron chi connectivity index (χ0n) is 16.1. The molecule has 7 heteroatoms. The van der Waals surface area contributed by atoms with E-state index in [1.165, 1.54) is 19.3 Å². The first-order valence-electron chi connectivity index (χ1n) is 9.69. The van der Waals surface area contributed by atoms with Crippen molar-refractivity contribution >= 4 is 16.9 Å². The van der Waals surface area contributed by atoms with Crippen LogP contribution in [-0.2, 0) is 7.05 Å². The second kappa shape index (κ2) is 7.13. The lowest BCUT2D eigenvalue weighted by atomic mass is 9.95. The third-order valence-electron chi connectivity index (χ3n) is 5.74. The zero-order chi connectivity index (χ0) is 19.0. The van der Waals surface area contributed by atoms with Crippen molar-refractivity contribution in [2.24, 2.45) is 7.05 Å². The molecule has 3 aromatic rings. The average Bonchev–Trinajstić information content (AvgIpc) is 3.25. The lowest BCUT2D eigenvalue weighted by Gasteiger charge is -2.21. The first-order valence-corrected chi connectivity index (χ1v) is 9.69. The number of aryl methyl sites for hydroxylation is 1. The van der Waals surface area contributed by atoms with Gasteiger partial charge in [0.1, 0.15) is 5.52 Å². The Labute approximate surface area is 158 Å². The minimum atomic E-state index is -0.111. The summed E-state index contributed by atoms with van der Waals surface area (Å²) in [4.78, 5) is 12.7. The lowest BCUT2D eigenvalue weighted by Crippen LogP contribution is -2.26. The van der Waals surface area contributed by atoms with Gasteiger partial charge in [0.15, 0.2) is 0 Å². The van der Waals surface area contributed by atoms with E-state index in [1.54, 1.807) is 6.20 Å². The number of hydrogen-bond acceptors (Lipinski definition) is 4. The highest BCUT2D eigenvalue weighted by molar-refractivity contribution is 5.97. The van der Waals surface area contributed by atoms with Crippen LogP contribution in [0.3, 0.4) is 0 Å². The average molecular weight is 366 g/mol. The molecule has 1 unspecified atom stereocenters. The SMILES string of the molecule is Cc1c(C(C)NC(=O)c2ccc3c(c2)nnn3C2CCCCC2)cnn1C. The van der Waals surface area contributed by atoms with Gasteiger partial charge in [0.05, 0.1) is 23.8 Å². The first kappa shape index (κ1) is 17.7. The van der Waals surface area contributed by atoms with E-state index in [0.717, 1.165) is 35.1 Å². The smallest absolute Gasteiger partial charge is 0.251 e. The first-order chi connectivity index (χ1) is 13.0. The van der Waals surface area contributed by atoms with Crippen molar-refractivity contribution in [3.05, 3.63) is 41.2 Å². The van der Waals surface area contributed by atoms with E-state index in [4.69, 9.17) is 0 Å². The number of rotatable bonds is 4. The quantitative estimate of drug-likeness (QED) is 0.767. The molecule has 1 saturated carbocycles. The minimum absolute atomic E-state index is 0.111. The molecule has 1 N–H and O–H groups in total. The fourth-order valence-corrected chi connectivity index (χ4v) is 3.98. The number of amides is 1. The maximum atomic E-state index is 12.7. The van der Waals surface area contributed by atoms with Crippen LogP contribution in [0.1, 0.15) is 72.7 Å². The van der Waals surface area contributed by atoms with Crippen molar-refractivity contribution in [2.75, 3.05) is 0 Å². The Balaban J connectivity index is 1.53. The molecule has 0 aliphatic heterocycles. The fraction of sp³-hybridized carbons (Fsp3) is 0.500. The predicted octanol–water partition coefficient (Wildman–Crippen LogP) is 3.47. The van der Waals surface area contributed by atoms with E-state index >= 15 is 0 Å². The Bertz CT molecular complexity index is 966. The largest absolute Gasteiger partial charge is 0.345 e. The van der Waals surface area contributed by atoms with E-state index in [0.29, 0.717) is 11.6 Å². The third-order valence-corrected chi connectivity index (χ3v) is 5.74. The van der Waals surface area contributed by atoms with Gasteiger partial charge in [0, 0.05) is 23.9 Å². The number of aromatic nitrogens is 5. The van der Waals surface area contributed by atoms with Gasteiger partial charge in [-0.1, -0.05) is 24.5 Å². The molecule has 2 aromatic heterocycles. The van der Waals surface area contributed by atoms with Crippen LogP contribution in [0.4, 0.5) is 0 Å². The number of nitrogens with zero attached hydrogens (tertiary/aromatic N) is 5. The summed E-state index contributed by atoms with van der Waals surface area (Å²) >= 11 is 0. The Kier molecular flexibility index (Phi) is 4.68. The number of benzene rings is 1. The number of nitrogens with one attached hydrogen (secondary N) is 1. The molecule has 0 saturated heterocycles. The summed E-state index contributed by atoms with van der Waals surface area (Å²) in [6.45, 7) is 3.97. The molecule has 4 rings (SSSR count). The number of carbonyl (C=O) groups excluding carboxylic acids is 1. The van der Waals surface area contributed by atoms with Crippen molar-refractivity contribution in [3.8, 4) is 0 Å². The Hall–Kier alpha value is -2.70. The monoisotopic (exact) mass is 366 g/mol. The van der Waals surface area contributed by atoms with Gasteiger partial charge < -0.3 is 5.32 Å². The van der Waals surface area contributed by atoms with E-state index < -0.39 is 0 Å². The van der Waals surface area contributed by atoms with Crippen LogP contribution in [0.15, 0.2) is 24.4 Å². The number of fused-ring (bicyclic) bond motifs is 1. The Morgan fingerprint density at radius 3 is 2.74 bits per heavy atom. The molecule has 0 spiro atoms. The van der Waals surface area contributed by atoms with E-state index in [9.17, 15) is 4.79 Å². The predicted molar refractivity (Wildman–Crippen MR) is 103 cm³/mol. The molecule has 7 nitrogen and oxygen atoms in total. The maximum absolute atomic E-state index is 12.7. The van der Waals surface area contributed by atoms with Crippen molar-refractivity contribution in [2.45, 2.75) is 58.0 Å². The summed E-state index contributed by atoms with van der Waals surface area (Å²) in [5.41, 5.74) is 4.46. The minimum Gasteiger partial charge on any atom is -0.345 e. The summed E-state index contributed by atoms with van der Waals surface area (Å²) in [6.07, 6.45) is 7.92. The van der Waals surface area contributed by atoms with E-state index in [-0.39, 0.29) is 11.9 Å². The summed E-state index contributed by atoms with van der Waals surface area (Å²) in [7, 11) is 1.90. The Morgan fingerprint density at radius 1 is 1.26 bits per heavy atom. The summed E-state index contributed by atoms with van der Waals surface area (Å²) in [6, 6.07) is 5.98. The molecular weight excluding hydrogens is 340 g/mol. The van der Waals surface area contributed by atoms with Gasteiger partial charge >= 0.3 is 0 Å². The molecule has 0 bridgehead atoms. The van der Waals surface area contributed by atoms with E-state index in [2.05, 4.69) is 20.7 Å². The summed E-state index contributed by atoms with van der Waals surface area (Å²) in [5.74, 6) is -0.111. The molecule has 142 valence electrons. The topological polar surface area (TPSA) is 77.6 Å². The van der Waals surface area contributed by atoms with Gasteiger partial charge in [-0.15, -0.1) is 5.10 Å². The van der Waals surface area contributed by atoms with Crippen LogP contribution in [0.2, 0.25) is 0 Å². The van der Waals surface area contributed by atoms with Crippen molar-refractivity contribution < 1.29 is 4.79 Å². The van der Waals surface area contributed by atoms with Gasteiger partial charge in [-0.05, 0) is 44.9 Å². The lowest BCUT2D eigenvalue weighted by molar-refractivity contribution is 0.0940.